The van der Waals surface area contributed by atoms with E-state index in [4.69, 9.17) is 4.74 Å². The highest BCUT2D eigenvalue weighted by Crippen LogP contribution is 2.34. The highest BCUT2D eigenvalue weighted by molar-refractivity contribution is 5.99. The zero-order valence-corrected chi connectivity index (χ0v) is 14.1. The average Bonchev–Trinajstić information content (AvgIpc) is 2.91. The third-order valence-electron chi connectivity index (χ3n) is 5.01. The molecule has 0 aromatic carbocycles. The number of hydrogen-bond acceptors (Lipinski definition) is 2. The van der Waals surface area contributed by atoms with Crippen molar-refractivity contribution in [3.05, 3.63) is 34.3 Å². The number of allylic oxidation sites excluding steroid dienone is 2. The van der Waals surface area contributed by atoms with Crippen molar-refractivity contribution in [3.8, 4) is 0 Å². The summed E-state index contributed by atoms with van der Waals surface area (Å²) in [5.74, 6) is -0.280. The van der Waals surface area contributed by atoms with Crippen LogP contribution in [0.5, 0.6) is 0 Å². The monoisotopic (exact) mass is 299 g/mol. The Bertz CT molecular complexity index is 827. The molecule has 0 saturated heterocycles. The van der Waals surface area contributed by atoms with E-state index in [2.05, 4.69) is 43.3 Å². The summed E-state index contributed by atoms with van der Waals surface area (Å²) >= 11 is 0. The third-order valence-corrected chi connectivity index (χ3v) is 5.01. The van der Waals surface area contributed by atoms with Crippen LogP contribution in [0.25, 0.3) is 16.5 Å². The van der Waals surface area contributed by atoms with E-state index in [9.17, 15) is 4.79 Å². The molecular formula is C18H23N2O2+. The number of carbonyl (C=O) groups excluding carboxylic acids is 1. The van der Waals surface area contributed by atoms with Gasteiger partial charge in [-0.1, -0.05) is 0 Å². The van der Waals surface area contributed by atoms with Gasteiger partial charge in [-0.2, -0.15) is 4.57 Å². The van der Waals surface area contributed by atoms with E-state index in [0.717, 1.165) is 16.5 Å². The Labute approximate surface area is 130 Å². The van der Waals surface area contributed by atoms with E-state index in [1.165, 1.54) is 22.5 Å². The molecule has 1 N–H and O–H groups in total. The van der Waals surface area contributed by atoms with Gasteiger partial charge in [0.25, 0.3) is 0 Å². The van der Waals surface area contributed by atoms with Crippen molar-refractivity contribution in [2.75, 3.05) is 6.61 Å². The van der Waals surface area contributed by atoms with Crippen molar-refractivity contribution < 1.29 is 14.1 Å². The molecule has 3 rings (SSSR count). The minimum atomic E-state index is -0.280. The van der Waals surface area contributed by atoms with E-state index in [-0.39, 0.29) is 5.97 Å². The van der Waals surface area contributed by atoms with Crippen LogP contribution in [-0.2, 0) is 4.74 Å². The third kappa shape index (κ3) is 1.83. The molecule has 22 heavy (non-hydrogen) atoms. The van der Waals surface area contributed by atoms with Gasteiger partial charge in [0, 0.05) is 31.1 Å². The molecule has 1 aliphatic rings. The molecule has 3 heterocycles. The van der Waals surface area contributed by atoms with Crippen molar-refractivity contribution in [2.45, 2.75) is 47.6 Å². The lowest BCUT2D eigenvalue weighted by Crippen LogP contribution is -2.41. The molecule has 4 heteroatoms. The Hall–Kier alpha value is -2.10. The molecule has 0 saturated carbocycles. The number of carbonyl (C=O) groups is 1. The number of fused-ring (bicyclic) bond motifs is 2. The Morgan fingerprint density at radius 3 is 2.64 bits per heavy atom. The summed E-state index contributed by atoms with van der Waals surface area (Å²) in [5, 5.41) is 1.13. The predicted molar refractivity (Wildman–Crippen MR) is 86.9 cm³/mol. The molecule has 0 aliphatic carbocycles. The van der Waals surface area contributed by atoms with Crippen molar-refractivity contribution in [3.63, 3.8) is 0 Å². The number of hydrogen-bond donors (Lipinski definition) is 1. The molecule has 2 aromatic heterocycles. The molecule has 0 fully saturated rings. The van der Waals surface area contributed by atoms with E-state index in [1.807, 2.05) is 13.8 Å². The SMILES string of the molecule is CCOC(=O)c1[nH]c2cc3[n+](c(C)c2c1C)[C@@H](C)C(C)=C3C. The number of aromatic amines is 1. The van der Waals surface area contributed by atoms with Gasteiger partial charge >= 0.3 is 5.97 Å². The maximum Gasteiger partial charge on any atom is 0.355 e. The summed E-state index contributed by atoms with van der Waals surface area (Å²) in [6.07, 6.45) is 0. The summed E-state index contributed by atoms with van der Waals surface area (Å²) in [7, 11) is 0. The fourth-order valence-electron chi connectivity index (χ4n) is 3.60. The van der Waals surface area contributed by atoms with Gasteiger partial charge in [0.15, 0.2) is 11.7 Å². The molecule has 4 nitrogen and oxygen atoms in total. The fraction of sp³-hybridized carbons (Fsp3) is 0.444. The first kappa shape index (κ1) is 14.8. The molecule has 116 valence electrons. The molecule has 1 aliphatic heterocycles. The van der Waals surface area contributed by atoms with Crippen LogP contribution < -0.4 is 4.57 Å². The number of aryl methyl sites for hydroxylation is 2. The van der Waals surface area contributed by atoms with Gasteiger partial charge in [-0.15, -0.1) is 0 Å². The highest BCUT2D eigenvalue weighted by Gasteiger charge is 2.35. The first-order valence-electron chi connectivity index (χ1n) is 7.80. The zero-order chi connectivity index (χ0) is 16.2. The molecule has 0 radical (unpaired) electrons. The Morgan fingerprint density at radius 1 is 1.32 bits per heavy atom. The van der Waals surface area contributed by atoms with Crippen LogP contribution in [0.1, 0.15) is 61.2 Å². The molecule has 0 amide bonds. The normalized spacial score (nSPS) is 17.3. The van der Waals surface area contributed by atoms with Crippen LogP contribution in [0, 0.1) is 13.8 Å². The molecular weight excluding hydrogens is 276 g/mol. The van der Waals surface area contributed by atoms with Gasteiger partial charge in [0.2, 0.25) is 5.69 Å². The number of ether oxygens (including phenoxy) is 1. The molecule has 2 aromatic rings. The lowest BCUT2D eigenvalue weighted by molar-refractivity contribution is -0.712. The van der Waals surface area contributed by atoms with Crippen LogP contribution in [0.4, 0.5) is 0 Å². The Balaban J connectivity index is 2.29. The Morgan fingerprint density at radius 2 is 2.00 bits per heavy atom. The summed E-state index contributed by atoms with van der Waals surface area (Å²) in [6.45, 7) is 12.9. The van der Waals surface area contributed by atoms with Gasteiger partial charge in [0.05, 0.1) is 17.5 Å². The number of H-pyrrole nitrogens is 1. The molecule has 0 bridgehead atoms. The van der Waals surface area contributed by atoms with Crippen molar-refractivity contribution >= 4 is 22.4 Å². The fourth-order valence-corrected chi connectivity index (χ4v) is 3.60. The average molecular weight is 299 g/mol. The number of esters is 1. The van der Waals surface area contributed by atoms with E-state index in [0.29, 0.717) is 18.3 Å². The van der Waals surface area contributed by atoms with Crippen molar-refractivity contribution in [1.29, 1.82) is 0 Å². The van der Waals surface area contributed by atoms with Crippen LogP contribution in [0.3, 0.4) is 0 Å². The molecule has 1 atom stereocenters. The number of nitrogens with zero attached hydrogens (tertiary/aromatic N) is 1. The maximum atomic E-state index is 12.1. The highest BCUT2D eigenvalue weighted by atomic mass is 16.5. The number of pyridine rings is 1. The largest absolute Gasteiger partial charge is 0.461 e. The summed E-state index contributed by atoms with van der Waals surface area (Å²) < 4.78 is 7.52. The first-order chi connectivity index (χ1) is 10.4. The van der Waals surface area contributed by atoms with Gasteiger partial charge in [-0.3, -0.25) is 0 Å². The van der Waals surface area contributed by atoms with E-state index in [1.54, 1.807) is 0 Å². The standard InChI is InChI=1S/C18H22N2O2/c1-7-22-18(21)17-11(4)16-13(6)20-12(5)9(2)10(3)15(20)8-14(16)19-17/h8,12H,7H2,1-6H3/p+1/t12-/m0/s1. The van der Waals surface area contributed by atoms with Gasteiger partial charge in [-0.05, 0) is 33.3 Å². The first-order valence-corrected chi connectivity index (χ1v) is 7.80. The minimum absolute atomic E-state index is 0.280. The smallest absolute Gasteiger partial charge is 0.355 e. The zero-order valence-electron chi connectivity index (χ0n) is 14.1. The molecule has 0 unspecified atom stereocenters. The second-order valence-electron chi connectivity index (χ2n) is 6.10. The molecule has 0 spiro atoms. The Kier molecular flexibility index (Phi) is 3.35. The predicted octanol–water partition coefficient (Wildman–Crippen LogP) is 3.62. The lowest BCUT2D eigenvalue weighted by atomic mass is 10.1. The second-order valence-corrected chi connectivity index (χ2v) is 6.10. The number of rotatable bonds is 2. The van der Waals surface area contributed by atoms with E-state index >= 15 is 0 Å². The topological polar surface area (TPSA) is 46.0 Å². The summed E-state index contributed by atoms with van der Waals surface area (Å²) in [5.41, 5.74) is 7.69. The van der Waals surface area contributed by atoms with Crippen LogP contribution in [-0.4, -0.2) is 17.6 Å². The van der Waals surface area contributed by atoms with Crippen molar-refractivity contribution in [2.24, 2.45) is 0 Å². The van der Waals surface area contributed by atoms with Gasteiger partial charge < -0.3 is 9.72 Å². The van der Waals surface area contributed by atoms with Crippen LogP contribution in [0.15, 0.2) is 11.6 Å². The van der Waals surface area contributed by atoms with Crippen LogP contribution in [0.2, 0.25) is 0 Å². The quantitative estimate of drug-likeness (QED) is 0.680. The van der Waals surface area contributed by atoms with Gasteiger partial charge in [-0.25, -0.2) is 4.79 Å². The number of aromatic nitrogens is 2. The second kappa shape index (κ2) is 4.97. The lowest BCUT2D eigenvalue weighted by Gasteiger charge is -2.07. The number of nitrogens with one attached hydrogen (secondary N) is 1. The van der Waals surface area contributed by atoms with Crippen molar-refractivity contribution in [1.82, 2.24) is 4.98 Å². The summed E-state index contributed by atoms with van der Waals surface area (Å²) in [4.78, 5) is 15.4. The minimum Gasteiger partial charge on any atom is -0.461 e. The van der Waals surface area contributed by atoms with E-state index < -0.39 is 0 Å². The summed E-state index contributed by atoms with van der Waals surface area (Å²) in [6, 6.07) is 2.51. The van der Waals surface area contributed by atoms with Crippen LogP contribution >= 0.6 is 0 Å². The maximum absolute atomic E-state index is 12.1. The van der Waals surface area contributed by atoms with Gasteiger partial charge in [0.1, 0.15) is 5.69 Å².